The Morgan fingerprint density at radius 2 is 1.72 bits per heavy atom. The fourth-order valence-corrected chi connectivity index (χ4v) is 2.94. The molecule has 1 aliphatic carbocycles. The summed E-state index contributed by atoms with van der Waals surface area (Å²) in [5, 5.41) is 8.61. The first-order chi connectivity index (χ1) is 8.58. The van der Waals surface area contributed by atoms with Crippen LogP contribution < -0.4 is 0 Å². The van der Waals surface area contributed by atoms with E-state index in [9.17, 15) is 9.59 Å². The first kappa shape index (κ1) is 13.3. The van der Waals surface area contributed by atoms with Crippen LogP contribution in [0, 0.1) is 0 Å². The lowest BCUT2D eigenvalue weighted by Gasteiger charge is -2.17. The second-order valence-electron chi connectivity index (χ2n) is 4.62. The van der Waals surface area contributed by atoms with E-state index in [-0.39, 0.29) is 18.6 Å². The Kier molecular flexibility index (Phi) is 4.17. The van der Waals surface area contributed by atoms with Crippen LogP contribution in [0.1, 0.15) is 47.2 Å². The van der Waals surface area contributed by atoms with Crippen molar-refractivity contribution in [1.29, 1.82) is 0 Å². The standard InChI is InChI=1S/C14H15BrO3/c15-12-8-10-4-2-1-3-9(10)7-11(12)13(16)5-6-14(17)18/h7-8H,1-6H2,(H,17,18). The van der Waals surface area contributed by atoms with Gasteiger partial charge in [0.2, 0.25) is 0 Å². The summed E-state index contributed by atoms with van der Waals surface area (Å²) in [5.74, 6) is -1.03. The number of halogens is 1. The zero-order valence-electron chi connectivity index (χ0n) is 10.0. The summed E-state index contributed by atoms with van der Waals surface area (Å²) in [6.45, 7) is 0. The molecule has 18 heavy (non-hydrogen) atoms. The van der Waals surface area contributed by atoms with E-state index in [1.807, 2.05) is 12.1 Å². The van der Waals surface area contributed by atoms with E-state index in [0.717, 1.165) is 23.7 Å². The average molecular weight is 311 g/mol. The van der Waals surface area contributed by atoms with Gasteiger partial charge < -0.3 is 5.11 Å². The molecule has 0 radical (unpaired) electrons. The summed E-state index contributed by atoms with van der Waals surface area (Å²) in [5.41, 5.74) is 3.17. The van der Waals surface area contributed by atoms with Gasteiger partial charge in [0.25, 0.3) is 0 Å². The molecule has 0 saturated carbocycles. The molecule has 0 spiro atoms. The van der Waals surface area contributed by atoms with E-state index in [4.69, 9.17) is 5.11 Å². The number of carboxylic acid groups (broad SMARTS) is 1. The van der Waals surface area contributed by atoms with Gasteiger partial charge in [-0.25, -0.2) is 0 Å². The average Bonchev–Trinajstić information content (AvgIpc) is 2.35. The minimum absolute atomic E-state index is 0.0622. The first-order valence-electron chi connectivity index (χ1n) is 6.14. The molecule has 0 heterocycles. The van der Waals surface area contributed by atoms with Gasteiger partial charge in [-0.3, -0.25) is 9.59 Å². The van der Waals surface area contributed by atoms with E-state index >= 15 is 0 Å². The molecule has 0 fully saturated rings. The fourth-order valence-electron chi connectivity index (χ4n) is 2.32. The number of carboxylic acids is 1. The smallest absolute Gasteiger partial charge is 0.303 e. The van der Waals surface area contributed by atoms with Gasteiger partial charge in [-0.2, -0.15) is 0 Å². The number of fused-ring (bicyclic) bond motifs is 1. The molecular weight excluding hydrogens is 296 g/mol. The Labute approximate surface area is 114 Å². The summed E-state index contributed by atoms with van der Waals surface area (Å²) >= 11 is 3.41. The normalized spacial score (nSPS) is 14.1. The molecule has 0 atom stereocenters. The number of benzene rings is 1. The third-order valence-corrected chi connectivity index (χ3v) is 3.95. The van der Waals surface area contributed by atoms with Crippen molar-refractivity contribution in [3.8, 4) is 0 Å². The number of hydrogen-bond donors (Lipinski definition) is 1. The number of carbonyl (C=O) groups is 2. The molecule has 0 aromatic heterocycles. The third kappa shape index (κ3) is 2.99. The second kappa shape index (κ2) is 5.65. The lowest BCUT2D eigenvalue weighted by atomic mass is 9.89. The Morgan fingerprint density at radius 1 is 1.11 bits per heavy atom. The second-order valence-corrected chi connectivity index (χ2v) is 5.48. The summed E-state index contributed by atoms with van der Waals surface area (Å²) in [4.78, 5) is 22.5. The number of ketones is 1. The van der Waals surface area contributed by atoms with Crippen molar-refractivity contribution < 1.29 is 14.7 Å². The van der Waals surface area contributed by atoms with Crippen molar-refractivity contribution in [3.63, 3.8) is 0 Å². The Morgan fingerprint density at radius 3 is 2.33 bits per heavy atom. The van der Waals surface area contributed by atoms with Crippen molar-refractivity contribution >= 4 is 27.7 Å². The van der Waals surface area contributed by atoms with Gasteiger partial charge in [-0.05, 0) is 48.9 Å². The number of rotatable bonds is 4. The molecule has 1 aromatic carbocycles. The topological polar surface area (TPSA) is 54.4 Å². The molecule has 3 nitrogen and oxygen atoms in total. The quantitative estimate of drug-likeness (QED) is 0.867. The van der Waals surface area contributed by atoms with Crippen molar-refractivity contribution in [2.45, 2.75) is 38.5 Å². The maximum Gasteiger partial charge on any atom is 0.303 e. The van der Waals surface area contributed by atoms with Crippen molar-refractivity contribution in [3.05, 3.63) is 33.3 Å². The Hall–Kier alpha value is -1.16. The molecule has 0 aliphatic heterocycles. The first-order valence-corrected chi connectivity index (χ1v) is 6.93. The highest BCUT2D eigenvalue weighted by Gasteiger charge is 2.17. The molecule has 4 heteroatoms. The molecule has 96 valence electrons. The SMILES string of the molecule is O=C(O)CCC(=O)c1cc2c(cc1Br)CCCC2. The lowest BCUT2D eigenvalue weighted by Crippen LogP contribution is -2.09. The summed E-state index contributed by atoms with van der Waals surface area (Å²) in [6, 6.07) is 3.95. The molecule has 0 bridgehead atoms. The predicted molar refractivity (Wildman–Crippen MR) is 72.0 cm³/mol. The molecule has 0 saturated heterocycles. The van der Waals surface area contributed by atoms with E-state index in [1.165, 1.54) is 17.5 Å². The largest absolute Gasteiger partial charge is 0.481 e. The van der Waals surface area contributed by atoms with Crippen LogP contribution in [0.4, 0.5) is 0 Å². The van der Waals surface area contributed by atoms with Crippen molar-refractivity contribution in [2.75, 3.05) is 0 Å². The van der Waals surface area contributed by atoms with Crippen LogP contribution in [-0.4, -0.2) is 16.9 Å². The zero-order valence-corrected chi connectivity index (χ0v) is 11.6. The van der Waals surface area contributed by atoms with Crippen LogP contribution >= 0.6 is 15.9 Å². The summed E-state index contributed by atoms with van der Waals surface area (Å²) in [6.07, 6.45) is 4.40. The summed E-state index contributed by atoms with van der Waals surface area (Å²) in [7, 11) is 0. The monoisotopic (exact) mass is 310 g/mol. The minimum Gasteiger partial charge on any atom is -0.481 e. The maximum atomic E-state index is 12.0. The highest BCUT2D eigenvalue weighted by molar-refractivity contribution is 9.10. The lowest BCUT2D eigenvalue weighted by molar-refractivity contribution is -0.136. The highest BCUT2D eigenvalue weighted by atomic mass is 79.9. The van der Waals surface area contributed by atoms with Crippen molar-refractivity contribution in [1.82, 2.24) is 0 Å². The number of carbonyl (C=O) groups excluding carboxylic acids is 1. The Balaban J connectivity index is 2.22. The van der Waals surface area contributed by atoms with Crippen LogP contribution in [0.5, 0.6) is 0 Å². The minimum atomic E-state index is -0.933. The molecular formula is C14H15BrO3. The van der Waals surface area contributed by atoms with Gasteiger partial charge in [0.15, 0.2) is 5.78 Å². The van der Waals surface area contributed by atoms with Crippen LogP contribution in [0.15, 0.2) is 16.6 Å². The van der Waals surface area contributed by atoms with Crippen LogP contribution in [-0.2, 0) is 17.6 Å². The van der Waals surface area contributed by atoms with Crippen LogP contribution in [0.25, 0.3) is 0 Å². The van der Waals surface area contributed by atoms with E-state index in [2.05, 4.69) is 15.9 Å². The van der Waals surface area contributed by atoms with E-state index < -0.39 is 5.97 Å². The van der Waals surface area contributed by atoms with Gasteiger partial charge in [0, 0.05) is 16.5 Å². The van der Waals surface area contributed by atoms with Crippen LogP contribution in [0.2, 0.25) is 0 Å². The zero-order chi connectivity index (χ0) is 13.1. The molecule has 1 aromatic rings. The van der Waals surface area contributed by atoms with E-state index in [0.29, 0.717) is 5.56 Å². The molecule has 0 amide bonds. The van der Waals surface area contributed by atoms with E-state index in [1.54, 1.807) is 0 Å². The van der Waals surface area contributed by atoms with Crippen LogP contribution in [0.3, 0.4) is 0 Å². The Bertz CT molecular complexity index is 494. The fraction of sp³-hybridized carbons (Fsp3) is 0.429. The maximum absolute atomic E-state index is 12.0. The molecule has 2 rings (SSSR count). The summed E-state index contributed by atoms with van der Waals surface area (Å²) < 4.78 is 0.790. The molecule has 0 unspecified atom stereocenters. The number of hydrogen-bond acceptors (Lipinski definition) is 2. The van der Waals surface area contributed by atoms with Gasteiger partial charge in [-0.1, -0.05) is 15.9 Å². The molecule has 1 N–H and O–H groups in total. The van der Waals surface area contributed by atoms with Crippen molar-refractivity contribution in [2.24, 2.45) is 0 Å². The van der Waals surface area contributed by atoms with Gasteiger partial charge >= 0.3 is 5.97 Å². The van der Waals surface area contributed by atoms with Gasteiger partial charge in [0.05, 0.1) is 6.42 Å². The number of Topliss-reactive ketones (excluding diaryl/α,β-unsaturated/α-hetero) is 1. The van der Waals surface area contributed by atoms with Gasteiger partial charge in [0.1, 0.15) is 0 Å². The molecule has 1 aliphatic rings. The number of aliphatic carboxylic acids is 1. The van der Waals surface area contributed by atoms with Gasteiger partial charge in [-0.15, -0.1) is 0 Å². The predicted octanol–water partition coefficient (Wildman–Crippen LogP) is 3.38. The number of aryl methyl sites for hydroxylation is 2. The third-order valence-electron chi connectivity index (χ3n) is 3.30. The highest BCUT2D eigenvalue weighted by Crippen LogP contribution is 2.28.